The number of carbonyl (C=O) groups excluding carboxylic acids is 1. The fourth-order valence-corrected chi connectivity index (χ4v) is 2.63. The van der Waals surface area contributed by atoms with Crippen LogP contribution in [0.15, 0.2) is 12.1 Å². The van der Waals surface area contributed by atoms with E-state index in [1.807, 2.05) is 31.5 Å². The van der Waals surface area contributed by atoms with E-state index in [9.17, 15) is 4.79 Å². The average molecular weight is 236 g/mol. The number of ketones is 1. The first-order valence-electron chi connectivity index (χ1n) is 5.19. The highest BCUT2D eigenvalue weighted by Gasteiger charge is 2.18. The number of rotatable bonds is 1. The number of halogens is 1. The predicted molar refractivity (Wildman–Crippen MR) is 67.4 cm³/mol. The van der Waals surface area contributed by atoms with Gasteiger partial charge in [-0.25, -0.2) is 0 Å². The van der Waals surface area contributed by atoms with Crippen molar-refractivity contribution >= 4 is 28.3 Å². The molecule has 0 saturated heterocycles. The minimum atomic E-state index is 0.0144. The summed E-state index contributed by atoms with van der Waals surface area (Å²) in [5, 5.41) is 1.48. The number of fused-ring (bicyclic) bond motifs is 1. The molecule has 84 valence electrons. The Kier molecular flexibility index (Phi) is 2.55. The third-order valence-electron chi connectivity index (χ3n) is 2.90. The van der Waals surface area contributed by atoms with Crippen molar-refractivity contribution in [1.82, 2.24) is 4.57 Å². The summed E-state index contributed by atoms with van der Waals surface area (Å²) in [4.78, 5) is 11.6. The van der Waals surface area contributed by atoms with E-state index in [-0.39, 0.29) is 5.78 Å². The highest BCUT2D eigenvalue weighted by molar-refractivity contribution is 6.35. The number of aromatic nitrogens is 1. The number of hydrogen-bond donors (Lipinski definition) is 0. The molecule has 2 rings (SSSR count). The number of carbonyl (C=O) groups is 1. The Morgan fingerprint density at radius 3 is 2.50 bits per heavy atom. The van der Waals surface area contributed by atoms with Crippen LogP contribution < -0.4 is 0 Å². The molecule has 1 aromatic heterocycles. The van der Waals surface area contributed by atoms with Gasteiger partial charge in [-0.05, 0) is 32.4 Å². The third kappa shape index (κ3) is 1.45. The second-order valence-electron chi connectivity index (χ2n) is 4.26. The number of aryl methyl sites for hydroxylation is 3. The molecule has 0 N–H and O–H groups in total. The van der Waals surface area contributed by atoms with Gasteiger partial charge in [0.2, 0.25) is 0 Å². The van der Waals surface area contributed by atoms with Gasteiger partial charge in [-0.15, -0.1) is 0 Å². The van der Waals surface area contributed by atoms with Crippen molar-refractivity contribution < 1.29 is 4.79 Å². The highest BCUT2D eigenvalue weighted by Crippen LogP contribution is 2.32. The average Bonchev–Trinajstić information content (AvgIpc) is 2.38. The molecule has 2 aromatic rings. The van der Waals surface area contributed by atoms with Crippen molar-refractivity contribution in [1.29, 1.82) is 0 Å². The van der Waals surface area contributed by atoms with Crippen molar-refractivity contribution in [3.8, 4) is 0 Å². The van der Waals surface area contributed by atoms with E-state index in [2.05, 4.69) is 6.07 Å². The molecule has 0 spiro atoms. The Labute approximate surface area is 99.8 Å². The highest BCUT2D eigenvalue weighted by atomic mass is 35.5. The van der Waals surface area contributed by atoms with Crippen LogP contribution in [0.2, 0.25) is 5.15 Å². The molecular weight excluding hydrogens is 222 g/mol. The van der Waals surface area contributed by atoms with Crippen LogP contribution in [0.5, 0.6) is 0 Å². The van der Waals surface area contributed by atoms with Crippen LogP contribution >= 0.6 is 11.6 Å². The number of nitrogens with zero attached hydrogens (tertiary/aromatic N) is 1. The fourth-order valence-electron chi connectivity index (χ4n) is 2.31. The SMILES string of the molecule is CC(=O)c1c(Cl)n(C)c2c(C)cc(C)cc12. The summed E-state index contributed by atoms with van der Waals surface area (Å²) >= 11 is 6.20. The zero-order valence-corrected chi connectivity index (χ0v) is 10.6. The lowest BCUT2D eigenvalue weighted by atomic mass is 10.0. The Hall–Kier alpha value is -1.28. The van der Waals surface area contributed by atoms with E-state index < -0.39 is 0 Å². The molecule has 0 amide bonds. The van der Waals surface area contributed by atoms with Gasteiger partial charge in [-0.3, -0.25) is 4.79 Å². The lowest BCUT2D eigenvalue weighted by Gasteiger charge is -2.02. The largest absolute Gasteiger partial charge is 0.334 e. The molecule has 0 fully saturated rings. The van der Waals surface area contributed by atoms with E-state index in [0.717, 1.165) is 22.0 Å². The normalized spacial score (nSPS) is 11.1. The number of benzene rings is 1. The first-order chi connectivity index (χ1) is 7.43. The maximum atomic E-state index is 11.6. The molecule has 0 aliphatic heterocycles. The Bertz CT molecular complexity index is 596. The van der Waals surface area contributed by atoms with Crippen LogP contribution in [-0.2, 0) is 7.05 Å². The van der Waals surface area contributed by atoms with Crippen molar-refractivity contribution in [2.75, 3.05) is 0 Å². The van der Waals surface area contributed by atoms with E-state index in [0.29, 0.717) is 10.7 Å². The first kappa shape index (κ1) is 11.2. The summed E-state index contributed by atoms with van der Waals surface area (Å²) in [6, 6.07) is 4.12. The second kappa shape index (κ2) is 3.63. The monoisotopic (exact) mass is 235 g/mol. The van der Waals surface area contributed by atoms with Gasteiger partial charge in [0.1, 0.15) is 5.15 Å². The van der Waals surface area contributed by atoms with Gasteiger partial charge in [0.15, 0.2) is 5.78 Å². The lowest BCUT2D eigenvalue weighted by Crippen LogP contribution is -1.92. The molecule has 0 radical (unpaired) electrons. The molecule has 2 nitrogen and oxygen atoms in total. The first-order valence-corrected chi connectivity index (χ1v) is 5.57. The van der Waals surface area contributed by atoms with Gasteiger partial charge < -0.3 is 4.57 Å². The molecular formula is C13H14ClNO. The summed E-state index contributed by atoms with van der Waals surface area (Å²) in [5.74, 6) is 0.0144. The van der Waals surface area contributed by atoms with Crippen LogP contribution in [0, 0.1) is 13.8 Å². The minimum Gasteiger partial charge on any atom is -0.334 e. The predicted octanol–water partition coefficient (Wildman–Crippen LogP) is 3.65. The van der Waals surface area contributed by atoms with Crippen LogP contribution in [0.1, 0.15) is 28.4 Å². The Morgan fingerprint density at radius 1 is 1.31 bits per heavy atom. The van der Waals surface area contributed by atoms with Crippen molar-refractivity contribution in [3.05, 3.63) is 34.0 Å². The van der Waals surface area contributed by atoms with Crippen molar-refractivity contribution in [2.45, 2.75) is 20.8 Å². The second-order valence-corrected chi connectivity index (χ2v) is 4.62. The van der Waals surface area contributed by atoms with Gasteiger partial charge in [0, 0.05) is 12.4 Å². The maximum Gasteiger partial charge on any atom is 0.163 e. The molecule has 0 saturated carbocycles. The zero-order valence-electron chi connectivity index (χ0n) is 9.89. The van der Waals surface area contributed by atoms with Crippen LogP contribution in [0.25, 0.3) is 10.9 Å². The third-order valence-corrected chi connectivity index (χ3v) is 3.34. The van der Waals surface area contributed by atoms with Gasteiger partial charge in [0.05, 0.1) is 11.1 Å². The Morgan fingerprint density at radius 2 is 1.94 bits per heavy atom. The van der Waals surface area contributed by atoms with Crippen LogP contribution in [0.3, 0.4) is 0 Å². The minimum absolute atomic E-state index is 0.0144. The molecule has 3 heteroatoms. The molecule has 1 aromatic carbocycles. The topological polar surface area (TPSA) is 22.0 Å². The van der Waals surface area contributed by atoms with Crippen LogP contribution in [0.4, 0.5) is 0 Å². The van der Waals surface area contributed by atoms with E-state index in [1.165, 1.54) is 0 Å². The van der Waals surface area contributed by atoms with Gasteiger partial charge in [-0.2, -0.15) is 0 Å². The fraction of sp³-hybridized carbons (Fsp3) is 0.308. The van der Waals surface area contributed by atoms with Crippen molar-refractivity contribution in [2.24, 2.45) is 7.05 Å². The molecule has 1 heterocycles. The zero-order chi connectivity index (χ0) is 12.0. The summed E-state index contributed by atoms with van der Waals surface area (Å²) in [6.45, 7) is 5.62. The summed E-state index contributed by atoms with van der Waals surface area (Å²) in [6.07, 6.45) is 0. The quantitative estimate of drug-likeness (QED) is 0.692. The molecule has 16 heavy (non-hydrogen) atoms. The lowest BCUT2D eigenvalue weighted by molar-refractivity contribution is 0.101. The summed E-state index contributed by atoms with van der Waals surface area (Å²) in [5.41, 5.74) is 3.97. The molecule has 0 unspecified atom stereocenters. The molecule has 0 bridgehead atoms. The van der Waals surface area contributed by atoms with E-state index in [4.69, 9.17) is 11.6 Å². The molecule has 0 aliphatic rings. The standard InChI is InChI=1S/C13H14ClNO/c1-7-5-8(2)12-10(6-7)11(9(3)16)13(14)15(12)4/h5-6H,1-4H3. The van der Waals surface area contributed by atoms with Gasteiger partial charge in [-0.1, -0.05) is 23.2 Å². The Balaban J connectivity index is 3.02. The smallest absolute Gasteiger partial charge is 0.163 e. The van der Waals surface area contributed by atoms with Gasteiger partial charge >= 0.3 is 0 Å². The maximum absolute atomic E-state index is 11.6. The number of hydrogen-bond acceptors (Lipinski definition) is 1. The number of Topliss-reactive ketones (excluding diaryl/α,β-unsaturated/α-hetero) is 1. The summed E-state index contributed by atoms with van der Waals surface area (Å²) in [7, 11) is 1.89. The van der Waals surface area contributed by atoms with Crippen molar-refractivity contribution in [3.63, 3.8) is 0 Å². The van der Waals surface area contributed by atoms with E-state index >= 15 is 0 Å². The van der Waals surface area contributed by atoms with E-state index in [1.54, 1.807) is 6.92 Å². The molecule has 0 aliphatic carbocycles. The summed E-state index contributed by atoms with van der Waals surface area (Å²) < 4.78 is 1.88. The van der Waals surface area contributed by atoms with Crippen LogP contribution in [-0.4, -0.2) is 10.4 Å². The van der Waals surface area contributed by atoms with Gasteiger partial charge in [0.25, 0.3) is 0 Å². The molecule has 0 atom stereocenters.